The molecule has 2 rings (SSSR count). The van der Waals surface area contributed by atoms with E-state index in [1.807, 2.05) is 6.92 Å². The Labute approximate surface area is 146 Å². The molecule has 0 atom stereocenters. The monoisotopic (exact) mass is 340 g/mol. The fourth-order valence-corrected chi connectivity index (χ4v) is 2.12. The first kappa shape index (κ1) is 18.3. The van der Waals surface area contributed by atoms with Gasteiger partial charge in [-0.15, -0.1) is 0 Å². The molecule has 0 aliphatic carbocycles. The molecule has 0 N–H and O–H groups in total. The smallest absolute Gasteiger partial charge is 0.338 e. The van der Waals surface area contributed by atoms with Crippen molar-refractivity contribution in [1.82, 2.24) is 0 Å². The van der Waals surface area contributed by atoms with Crippen molar-refractivity contribution >= 4 is 11.8 Å². The molecule has 0 aromatic heterocycles. The standard InChI is InChI=1S/C20H20O5/c1-5-24-18-12-16(25-20(22)13(2)3)10-11-17(18)19(21)14-6-8-15(23-4)9-7-14/h6-12H,2,5H2,1,3-4H3. The van der Waals surface area contributed by atoms with E-state index in [4.69, 9.17) is 14.2 Å². The third-order valence-corrected chi connectivity index (χ3v) is 3.41. The van der Waals surface area contributed by atoms with Gasteiger partial charge >= 0.3 is 5.97 Å². The van der Waals surface area contributed by atoms with Crippen molar-refractivity contribution in [2.45, 2.75) is 13.8 Å². The molecule has 0 fully saturated rings. The molecule has 0 amide bonds. The van der Waals surface area contributed by atoms with E-state index in [0.717, 1.165) is 0 Å². The highest BCUT2D eigenvalue weighted by molar-refractivity contribution is 6.10. The van der Waals surface area contributed by atoms with Gasteiger partial charge in [-0.05, 0) is 50.2 Å². The molecule has 0 bridgehead atoms. The third-order valence-electron chi connectivity index (χ3n) is 3.41. The Morgan fingerprint density at radius 3 is 2.24 bits per heavy atom. The van der Waals surface area contributed by atoms with Crippen LogP contribution in [0.1, 0.15) is 29.8 Å². The molecule has 2 aromatic carbocycles. The molecule has 25 heavy (non-hydrogen) atoms. The van der Waals surface area contributed by atoms with Crippen molar-refractivity contribution in [3.05, 3.63) is 65.7 Å². The summed E-state index contributed by atoms with van der Waals surface area (Å²) in [5, 5.41) is 0. The van der Waals surface area contributed by atoms with Crippen molar-refractivity contribution in [3.8, 4) is 17.2 Å². The lowest BCUT2D eigenvalue weighted by atomic mass is 10.0. The molecule has 0 spiro atoms. The van der Waals surface area contributed by atoms with Gasteiger partial charge in [0.25, 0.3) is 0 Å². The molecule has 0 radical (unpaired) electrons. The van der Waals surface area contributed by atoms with Crippen LogP contribution in [0.3, 0.4) is 0 Å². The van der Waals surface area contributed by atoms with Gasteiger partial charge in [0.15, 0.2) is 5.78 Å². The van der Waals surface area contributed by atoms with E-state index in [0.29, 0.717) is 35.0 Å². The van der Waals surface area contributed by atoms with Crippen molar-refractivity contribution in [3.63, 3.8) is 0 Å². The highest BCUT2D eigenvalue weighted by Gasteiger charge is 2.17. The predicted octanol–water partition coefficient (Wildman–Crippen LogP) is 3.81. The van der Waals surface area contributed by atoms with Crippen molar-refractivity contribution < 1.29 is 23.8 Å². The van der Waals surface area contributed by atoms with Crippen LogP contribution in [-0.2, 0) is 4.79 Å². The van der Waals surface area contributed by atoms with E-state index in [2.05, 4.69) is 6.58 Å². The lowest BCUT2D eigenvalue weighted by Gasteiger charge is -2.12. The summed E-state index contributed by atoms with van der Waals surface area (Å²) in [6.07, 6.45) is 0. The molecule has 0 unspecified atom stereocenters. The SMILES string of the molecule is C=C(C)C(=O)Oc1ccc(C(=O)c2ccc(OC)cc2)c(OCC)c1. The Balaban J connectivity index is 2.33. The highest BCUT2D eigenvalue weighted by atomic mass is 16.5. The zero-order valence-corrected chi connectivity index (χ0v) is 14.5. The maximum Gasteiger partial charge on any atom is 0.338 e. The summed E-state index contributed by atoms with van der Waals surface area (Å²) in [5.41, 5.74) is 1.19. The number of carbonyl (C=O) groups is 2. The normalized spacial score (nSPS) is 10.0. The molecule has 2 aromatic rings. The third kappa shape index (κ3) is 4.47. The molecule has 5 nitrogen and oxygen atoms in total. The van der Waals surface area contributed by atoms with Gasteiger partial charge < -0.3 is 14.2 Å². The van der Waals surface area contributed by atoms with Crippen LogP contribution in [0.15, 0.2) is 54.6 Å². The van der Waals surface area contributed by atoms with Gasteiger partial charge in [-0.25, -0.2) is 4.79 Å². The Kier molecular flexibility index (Phi) is 5.95. The summed E-state index contributed by atoms with van der Waals surface area (Å²) in [6, 6.07) is 11.5. The van der Waals surface area contributed by atoms with Crippen molar-refractivity contribution in [1.29, 1.82) is 0 Å². The Morgan fingerprint density at radius 1 is 1.04 bits per heavy atom. The predicted molar refractivity (Wildman–Crippen MR) is 94.5 cm³/mol. The zero-order chi connectivity index (χ0) is 18.4. The number of hydrogen-bond acceptors (Lipinski definition) is 5. The highest BCUT2D eigenvalue weighted by Crippen LogP contribution is 2.28. The van der Waals surface area contributed by atoms with Crippen LogP contribution < -0.4 is 14.2 Å². The lowest BCUT2D eigenvalue weighted by molar-refractivity contribution is -0.130. The minimum Gasteiger partial charge on any atom is -0.497 e. The Morgan fingerprint density at radius 2 is 1.68 bits per heavy atom. The van der Waals surface area contributed by atoms with E-state index in [9.17, 15) is 9.59 Å². The number of esters is 1. The molecular weight excluding hydrogens is 320 g/mol. The summed E-state index contributed by atoms with van der Waals surface area (Å²) < 4.78 is 15.8. The topological polar surface area (TPSA) is 61.8 Å². The number of benzene rings is 2. The largest absolute Gasteiger partial charge is 0.497 e. The quantitative estimate of drug-likeness (QED) is 0.332. The molecule has 0 heterocycles. The van der Waals surface area contributed by atoms with Crippen molar-refractivity contribution in [2.24, 2.45) is 0 Å². The number of ketones is 1. The van der Waals surface area contributed by atoms with E-state index in [1.165, 1.54) is 6.07 Å². The van der Waals surface area contributed by atoms with Gasteiger partial charge in [0.2, 0.25) is 0 Å². The van der Waals surface area contributed by atoms with Gasteiger partial charge in [0.05, 0.1) is 19.3 Å². The molecule has 0 saturated carbocycles. The van der Waals surface area contributed by atoms with Crippen LogP contribution in [0.25, 0.3) is 0 Å². The summed E-state index contributed by atoms with van der Waals surface area (Å²) in [5.74, 6) is 0.599. The van der Waals surface area contributed by atoms with Gasteiger partial charge in [0.1, 0.15) is 17.2 Å². The maximum absolute atomic E-state index is 12.7. The molecule has 5 heteroatoms. The number of carbonyl (C=O) groups excluding carboxylic acids is 2. The fourth-order valence-electron chi connectivity index (χ4n) is 2.12. The zero-order valence-electron chi connectivity index (χ0n) is 14.5. The summed E-state index contributed by atoms with van der Waals surface area (Å²) in [7, 11) is 1.56. The second-order valence-corrected chi connectivity index (χ2v) is 5.32. The molecule has 0 saturated heterocycles. The summed E-state index contributed by atoms with van der Waals surface area (Å²) >= 11 is 0. The Hall–Kier alpha value is -3.08. The molecular formula is C20H20O5. The van der Waals surface area contributed by atoms with Crippen LogP contribution in [0, 0.1) is 0 Å². The molecule has 130 valence electrons. The van der Waals surface area contributed by atoms with Crippen LogP contribution in [0.4, 0.5) is 0 Å². The number of hydrogen-bond donors (Lipinski definition) is 0. The van der Waals surface area contributed by atoms with Crippen LogP contribution >= 0.6 is 0 Å². The average molecular weight is 340 g/mol. The van der Waals surface area contributed by atoms with E-state index >= 15 is 0 Å². The first-order chi connectivity index (χ1) is 12.0. The van der Waals surface area contributed by atoms with Gasteiger partial charge in [0, 0.05) is 17.2 Å². The fraction of sp³-hybridized carbons (Fsp3) is 0.200. The number of methoxy groups -OCH3 is 1. The summed E-state index contributed by atoms with van der Waals surface area (Å²) in [6.45, 7) is 7.29. The minimum atomic E-state index is -0.531. The summed E-state index contributed by atoms with van der Waals surface area (Å²) in [4.78, 5) is 24.4. The second-order valence-electron chi connectivity index (χ2n) is 5.32. The van der Waals surface area contributed by atoms with E-state index in [-0.39, 0.29) is 11.4 Å². The maximum atomic E-state index is 12.7. The van der Waals surface area contributed by atoms with Crippen LogP contribution in [0.2, 0.25) is 0 Å². The van der Waals surface area contributed by atoms with Gasteiger partial charge in [-0.3, -0.25) is 4.79 Å². The van der Waals surface area contributed by atoms with E-state index in [1.54, 1.807) is 50.4 Å². The van der Waals surface area contributed by atoms with Gasteiger partial charge in [-0.1, -0.05) is 6.58 Å². The van der Waals surface area contributed by atoms with Gasteiger partial charge in [-0.2, -0.15) is 0 Å². The van der Waals surface area contributed by atoms with Crippen molar-refractivity contribution in [2.75, 3.05) is 13.7 Å². The number of rotatable bonds is 7. The Bertz CT molecular complexity index is 790. The number of ether oxygens (including phenoxy) is 3. The average Bonchev–Trinajstić information content (AvgIpc) is 2.61. The molecule has 0 aliphatic rings. The minimum absolute atomic E-state index is 0.191. The van der Waals surface area contributed by atoms with E-state index < -0.39 is 5.97 Å². The van der Waals surface area contributed by atoms with Crippen LogP contribution in [0.5, 0.6) is 17.2 Å². The van der Waals surface area contributed by atoms with Crippen LogP contribution in [-0.4, -0.2) is 25.5 Å². The lowest BCUT2D eigenvalue weighted by Crippen LogP contribution is -2.10. The first-order valence-corrected chi connectivity index (χ1v) is 7.79. The first-order valence-electron chi connectivity index (χ1n) is 7.79. The second kappa shape index (κ2) is 8.15. The molecule has 0 aliphatic heterocycles.